The highest BCUT2D eigenvalue weighted by molar-refractivity contribution is 5.94. The molecule has 0 unspecified atom stereocenters. The number of aromatic nitrogens is 2. The van der Waals surface area contributed by atoms with Crippen LogP contribution in [0, 0.1) is 23.6 Å². The van der Waals surface area contributed by atoms with E-state index < -0.39 is 0 Å². The van der Waals surface area contributed by atoms with Gasteiger partial charge in [0, 0.05) is 45.3 Å². The van der Waals surface area contributed by atoms with E-state index in [1.165, 1.54) is 12.3 Å². The summed E-state index contributed by atoms with van der Waals surface area (Å²) in [5, 5.41) is 19.6. The van der Waals surface area contributed by atoms with E-state index >= 15 is 0 Å². The Bertz CT molecular complexity index is 978. The number of allylic oxidation sites excluding steroid dienone is 1. The number of likely N-dealkylation sites (tertiary alicyclic amines) is 1. The summed E-state index contributed by atoms with van der Waals surface area (Å²) < 4.78 is 16.7. The van der Waals surface area contributed by atoms with Crippen molar-refractivity contribution in [2.75, 3.05) is 49.5 Å². The fourth-order valence-corrected chi connectivity index (χ4v) is 4.66. The first-order valence-corrected chi connectivity index (χ1v) is 10.7. The number of β-amino-alcohol motifs (C(OH)–C–C–N with tert-alkyl or cyclic N) is 1. The van der Waals surface area contributed by atoms with Gasteiger partial charge in [-0.15, -0.1) is 0 Å². The molecule has 0 atom stereocenters. The van der Waals surface area contributed by atoms with Crippen molar-refractivity contribution < 1.29 is 14.1 Å². The lowest BCUT2D eigenvalue weighted by Crippen LogP contribution is -2.60. The fourth-order valence-electron chi connectivity index (χ4n) is 4.66. The predicted molar refractivity (Wildman–Crippen MR) is 120 cm³/mol. The largest absolute Gasteiger partial charge is 0.395 e. The number of benzene rings is 1. The van der Waals surface area contributed by atoms with Crippen LogP contribution in [0.2, 0.25) is 0 Å². The van der Waals surface area contributed by atoms with Gasteiger partial charge in [-0.05, 0) is 43.0 Å². The van der Waals surface area contributed by atoms with Gasteiger partial charge in [0.1, 0.15) is 5.82 Å². The zero-order chi connectivity index (χ0) is 22.0. The fraction of sp³-hybridized carbons (Fsp3) is 0.435. The van der Waals surface area contributed by atoms with Crippen LogP contribution in [0.25, 0.3) is 5.70 Å². The molecule has 3 N–H and O–H groups in total. The monoisotopic (exact) mass is 425 g/mol. The van der Waals surface area contributed by atoms with Crippen molar-refractivity contribution in [2.45, 2.75) is 19.8 Å². The maximum absolute atomic E-state index is 14.9. The molecule has 0 saturated carbocycles. The van der Waals surface area contributed by atoms with Gasteiger partial charge in [0.05, 0.1) is 24.7 Å². The van der Waals surface area contributed by atoms with Gasteiger partial charge in [0.2, 0.25) is 17.6 Å². The van der Waals surface area contributed by atoms with Crippen LogP contribution in [-0.2, 0) is 0 Å². The molecule has 31 heavy (non-hydrogen) atoms. The molecule has 2 aliphatic rings. The summed E-state index contributed by atoms with van der Waals surface area (Å²) in [5.74, 6) is 0.304. The number of rotatable bonds is 7. The van der Waals surface area contributed by atoms with Crippen molar-refractivity contribution in [1.29, 1.82) is 5.41 Å². The van der Waals surface area contributed by atoms with Crippen LogP contribution in [-0.4, -0.2) is 60.5 Å². The zero-order valence-electron chi connectivity index (χ0n) is 17.9. The smallest absolute Gasteiger partial charge is 0.221 e. The summed E-state index contributed by atoms with van der Waals surface area (Å²) >= 11 is 0. The minimum absolute atomic E-state index is 0.212. The van der Waals surface area contributed by atoms with E-state index in [-0.39, 0.29) is 12.4 Å². The van der Waals surface area contributed by atoms with Crippen LogP contribution < -0.4 is 14.8 Å². The quantitative estimate of drug-likeness (QED) is 0.469. The molecule has 1 aromatic carbocycles. The van der Waals surface area contributed by atoms with Crippen LogP contribution in [0.5, 0.6) is 0 Å². The predicted octanol–water partition coefficient (Wildman–Crippen LogP) is 2.57. The molecule has 2 aromatic rings. The van der Waals surface area contributed by atoms with Crippen LogP contribution in [0.1, 0.15) is 18.5 Å². The average Bonchev–Trinajstić information content (AvgIpc) is 2.74. The summed E-state index contributed by atoms with van der Waals surface area (Å²) in [4.78, 5) is 8.76. The number of aryl methyl sites for hydroxylation is 1. The van der Waals surface area contributed by atoms with E-state index in [0.29, 0.717) is 28.3 Å². The molecule has 0 aliphatic carbocycles. The normalized spacial score (nSPS) is 18.0. The van der Waals surface area contributed by atoms with Gasteiger partial charge in [-0.2, -0.15) is 4.57 Å². The number of nitrogens with one attached hydrogen (secondary N) is 2. The highest BCUT2D eigenvalue weighted by atomic mass is 19.1. The Morgan fingerprint density at radius 2 is 2.13 bits per heavy atom. The molecule has 2 saturated heterocycles. The molecule has 8 heteroatoms. The minimum atomic E-state index is -0.250. The Morgan fingerprint density at radius 3 is 2.77 bits per heavy atom. The molecule has 0 amide bonds. The van der Waals surface area contributed by atoms with Crippen LogP contribution in [0.15, 0.2) is 37.2 Å². The Labute approximate surface area is 182 Å². The molecule has 2 aliphatic heterocycles. The zero-order valence-corrected chi connectivity index (χ0v) is 17.9. The lowest BCUT2D eigenvalue weighted by atomic mass is 9.72. The lowest BCUT2D eigenvalue weighted by Gasteiger charge is -2.54. The Morgan fingerprint density at radius 1 is 1.39 bits per heavy atom. The first-order valence-electron chi connectivity index (χ1n) is 10.7. The van der Waals surface area contributed by atoms with Crippen molar-refractivity contribution in [2.24, 2.45) is 5.41 Å². The Balaban J connectivity index is 1.40. The Kier molecular flexibility index (Phi) is 6.02. The average molecular weight is 426 g/mol. The van der Waals surface area contributed by atoms with Gasteiger partial charge in [0.15, 0.2) is 5.82 Å². The second-order valence-corrected chi connectivity index (χ2v) is 8.63. The number of piperidine rings is 1. The molecule has 164 valence electrons. The highest BCUT2D eigenvalue weighted by Crippen LogP contribution is 2.41. The first kappa shape index (κ1) is 21.4. The van der Waals surface area contributed by atoms with Gasteiger partial charge in [0.25, 0.3) is 0 Å². The highest BCUT2D eigenvalue weighted by Gasteiger charge is 2.44. The standard InChI is InChI=1S/C23H30FN6O/c1-17(12-25)30-14-22(26-13-18(30)2)27-19-3-4-21(20(24)11-19)29-7-5-23(6-8-29)15-28(16-23)9-10-31/h3-4,11-14,25,31H,1,5-10,15-16H2,2H3,(H,26,27)/q+1. The molecular formula is C23H30FN6O+. The Hall–Kier alpha value is -2.84. The van der Waals surface area contributed by atoms with E-state index in [1.54, 1.807) is 17.0 Å². The summed E-state index contributed by atoms with van der Waals surface area (Å²) in [7, 11) is 0. The maximum atomic E-state index is 14.9. The molecule has 1 spiro atoms. The van der Waals surface area contributed by atoms with E-state index in [2.05, 4.69) is 26.7 Å². The molecule has 2 fully saturated rings. The van der Waals surface area contributed by atoms with Crippen LogP contribution in [0.3, 0.4) is 0 Å². The number of aliphatic hydroxyl groups excluding tert-OH is 1. The SMILES string of the molecule is C=C(C=N)[n+]1cc(Nc2ccc(N3CCC4(CC3)CN(CCO)C4)c(F)c2)ncc1C. The second kappa shape index (κ2) is 8.72. The van der Waals surface area contributed by atoms with Crippen molar-refractivity contribution in [3.8, 4) is 0 Å². The topological polar surface area (TPSA) is 79.4 Å². The van der Waals surface area contributed by atoms with Gasteiger partial charge in [-0.25, -0.2) is 9.37 Å². The van der Waals surface area contributed by atoms with Crippen molar-refractivity contribution in [1.82, 2.24) is 9.88 Å². The molecule has 4 rings (SSSR count). The molecule has 0 radical (unpaired) electrons. The molecule has 1 aromatic heterocycles. The van der Waals surface area contributed by atoms with E-state index in [0.717, 1.165) is 51.3 Å². The molecule has 3 heterocycles. The third-order valence-corrected chi connectivity index (χ3v) is 6.42. The van der Waals surface area contributed by atoms with Crippen molar-refractivity contribution >= 4 is 29.1 Å². The molecule has 7 nitrogen and oxygen atoms in total. The van der Waals surface area contributed by atoms with E-state index in [9.17, 15) is 4.39 Å². The van der Waals surface area contributed by atoms with Gasteiger partial charge < -0.3 is 20.7 Å². The summed E-state index contributed by atoms with van der Waals surface area (Å²) in [5.41, 5.74) is 2.98. The second-order valence-electron chi connectivity index (χ2n) is 8.63. The van der Waals surface area contributed by atoms with E-state index in [1.807, 2.05) is 19.1 Å². The van der Waals surface area contributed by atoms with Gasteiger partial charge in [-0.1, -0.05) is 0 Å². The summed E-state index contributed by atoms with van der Waals surface area (Å²) in [6.45, 7) is 10.5. The molecular weight excluding hydrogens is 395 g/mol. The van der Waals surface area contributed by atoms with Crippen molar-refractivity contribution in [3.05, 3.63) is 48.7 Å². The van der Waals surface area contributed by atoms with Crippen LogP contribution in [0.4, 0.5) is 21.6 Å². The number of hydrogen-bond acceptors (Lipinski definition) is 6. The molecule has 0 bridgehead atoms. The third-order valence-electron chi connectivity index (χ3n) is 6.42. The van der Waals surface area contributed by atoms with Crippen LogP contribution >= 0.6 is 0 Å². The third kappa shape index (κ3) is 4.45. The van der Waals surface area contributed by atoms with Gasteiger partial charge in [-0.3, -0.25) is 4.90 Å². The minimum Gasteiger partial charge on any atom is -0.395 e. The maximum Gasteiger partial charge on any atom is 0.221 e. The summed E-state index contributed by atoms with van der Waals surface area (Å²) in [6, 6.07) is 5.20. The van der Waals surface area contributed by atoms with Gasteiger partial charge >= 0.3 is 0 Å². The van der Waals surface area contributed by atoms with E-state index in [4.69, 9.17) is 10.5 Å². The number of aliphatic hydroxyl groups is 1. The number of hydrogen-bond donors (Lipinski definition) is 3. The first-order chi connectivity index (χ1) is 14.9. The number of halogens is 1. The lowest BCUT2D eigenvalue weighted by molar-refractivity contribution is -0.582. The number of nitrogens with zero attached hydrogens (tertiary/aromatic N) is 4. The van der Waals surface area contributed by atoms with Crippen molar-refractivity contribution in [3.63, 3.8) is 0 Å². The number of anilines is 3. The summed E-state index contributed by atoms with van der Waals surface area (Å²) in [6.07, 6.45) is 6.73.